The van der Waals surface area contributed by atoms with Crippen LogP contribution in [-0.4, -0.2) is 57.8 Å². The molecule has 0 radical (unpaired) electrons. The SMILES string of the molecule is CCNC(=NCCCn1cccn1)N1CCSC(C(C)C)C1. The Kier molecular flexibility index (Phi) is 7.09. The fourth-order valence-electron chi connectivity index (χ4n) is 2.55. The molecule has 0 amide bonds. The normalized spacial score (nSPS) is 19.7. The molecule has 1 aliphatic rings. The molecular formula is C16H29N5S. The topological polar surface area (TPSA) is 45.5 Å². The smallest absolute Gasteiger partial charge is 0.193 e. The number of thioether (sulfide) groups is 1. The molecular weight excluding hydrogens is 294 g/mol. The van der Waals surface area contributed by atoms with Crippen molar-refractivity contribution in [3.63, 3.8) is 0 Å². The summed E-state index contributed by atoms with van der Waals surface area (Å²) in [5, 5.41) is 8.39. The number of hydrogen-bond donors (Lipinski definition) is 1. The van der Waals surface area contributed by atoms with Crippen molar-refractivity contribution in [1.82, 2.24) is 20.0 Å². The number of nitrogens with zero attached hydrogens (tertiary/aromatic N) is 4. The Morgan fingerprint density at radius 3 is 3.05 bits per heavy atom. The van der Waals surface area contributed by atoms with Gasteiger partial charge in [-0.05, 0) is 25.3 Å². The molecule has 0 bridgehead atoms. The number of rotatable bonds is 6. The summed E-state index contributed by atoms with van der Waals surface area (Å²) in [5.74, 6) is 2.99. The summed E-state index contributed by atoms with van der Waals surface area (Å²) in [5.41, 5.74) is 0. The highest BCUT2D eigenvalue weighted by atomic mass is 32.2. The molecule has 124 valence electrons. The minimum absolute atomic E-state index is 0.710. The first-order valence-electron chi connectivity index (χ1n) is 8.33. The summed E-state index contributed by atoms with van der Waals surface area (Å²) in [6, 6.07) is 1.96. The minimum Gasteiger partial charge on any atom is -0.357 e. The molecule has 5 nitrogen and oxygen atoms in total. The van der Waals surface area contributed by atoms with E-state index in [1.54, 1.807) is 0 Å². The van der Waals surface area contributed by atoms with E-state index in [0.717, 1.165) is 51.0 Å². The van der Waals surface area contributed by atoms with Crippen molar-refractivity contribution in [1.29, 1.82) is 0 Å². The molecule has 22 heavy (non-hydrogen) atoms. The predicted octanol–water partition coefficient (Wildman–Crippen LogP) is 2.31. The zero-order valence-corrected chi connectivity index (χ0v) is 14.9. The van der Waals surface area contributed by atoms with Gasteiger partial charge in [0.1, 0.15) is 0 Å². The van der Waals surface area contributed by atoms with Gasteiger partial charge in [-0.1, -0.05) is 13.8 Å². The van der Waals surface area contributed by atoms with Crippen molar-refractivity contribution in [3.8, 4) is 0 Å². The molecule has 0 spiro atoms. The van der Waals surface area contributed by atoms with E-state index in [0.29, 0.717) is 5.25 Å². The molecule has 1 aromatic heterocycles. The van der Waals surface area contributed by atoms with Crippen LogP contribution in [0.25, 0.3) is 0 Å². The Morgan fingerprint density at radius 1 is 1.50 bits per heavy atom. The minimum atomic E-state index is 0.710. The van der Waals surface area contributed by atoms with Crippen molar-refractivity contribution in [2.75, 3.05) is 31.9 Å². The first-order valence-corrected chi connectivity index (χ1v) is 9.38. The van der Waals surface area contributed by atoms with Crippen LogP contribution in [0.1, 0.15) is 27.2 Å². The molecule has 2 heterocycles. The second kappa shape index (κ2) is 9.08. The number of nitrogens with one attached hydrogen (secondary N) is 1. The fraction of sp³-hybridized carbons (Fsp3) is 0.750. The third kappa shape index (κ3) is 5.23. The third-order valence-corrected chi connectivity index (χ3v) is 5.38. The monoisotopic (exact) mass is 323 g/mol. The van der Waals surface area contributed by atoms with E-state index in [-0.39, 0.29) is 0 Å². The van der Waals surface area contributed by atoms with E-state index < -0.39 is 0 Å². The van der Waals surface area contributed by atoms with Crippen LogP contribution >= 0.6 is 11.8 Å². The fourth-order valence-corrected chi connectivity index (χ4v) is 3.85. The van der Waals surface area contributed by atoms with Crippen LogP contribution in [0.2, 0.25) is 0 Å². The zero-order chi connectivity index (χ0) is 15.8. The maximum Gasteiger partial charge on any atom is 0.193 e. The number of aromatic nitrogens is 2. The maximum atomic E-state index is 4.81. The molecule has 2 rings (SSSR count). The summed E-state index contributed by atoms with van der Waals surface area (Å²) < 4.78 is 1.97. The molecule has 0 aliphatic carbocycles. The Bertz CT molecular complexity index is 443. The first kappa shape index (κ1) is 17.2. The largest absolute Gasteiger partial charge is 0.357 e. The number of aryl methyl sites for hydroxylation is 1. The Balaban J connectivity index is 1.85. The van der Waals surface area contributed by atoms with Gasteiger partial charge in [-0.25, -0.2) is 0 Å². The lowest BCUT2D eigenvalue weighted by Crippen LogP contribution is -2.49. The van der Waals surface area contributed by atoms with Gasteiger partial charge < -0.3 is 10.2 Å². The lowest BCUT2D eigenvalue weighted by Gasteiger charge is -2.36. The van der Waals surface area contributed by atoms with Gasteiger partial charge in [0.2, 0.25) is 0 Å². The molecule has 1 unspecified atom stereocenters. The molecule has 1 N–H and O–H groups in total. The number of guanidine groups is 1. The van der Waals surface area contributed by atoms with Crippen LogP contribution in [0.4, 0.5) is 0 Å². The summed E-state index contributed by atoms with van der Waals surface area (Å²) in [4.78, 5) is 7.24. The summed E-state index contributed by atoms with van der Waals surface area (Å²) >= 11 is 2.10. The van der Waals surface area contributed by atoms with E-state index in [1.165, 1.54) is 5.75 Å². The molecule has 1 fully saturated rings. The predicted molar refractivity (Wildman–Crippen MR) is 95.5 cm³/mol. The highest BCUT2D eigenvalue weighted by Crippen LogP contribution is 2.24. The van der Waals surface area contributed by atoms with Crippen LogP contribution in [0, 0.1) is 5.92 Å². The average molecular weight is 324 g/mol. The van der Waals surface area contributed by atoms with Crippen LogP contribution in [0.15, 0.2) is 23.5 Å². The van der Waals surface area contributed by atoms with Gasteiger partial charge >= 0.3 is 0 Å². The Labute approximate surface area is 138 Å². The van der Waals surface area contributed by atoms with E-state index in [9.17, 15) is 0 Å². The summed E-state index contributed by atoms with van der Waals surface area (Å²) in [7, 11) is 0. The lowest BCUT2D eigenvalue weighted by molar-refractivity contribution is 0.380. The standard InChI is InChI=1S/C16H29N5S/c1-4-17-16(18-7-5-9-21-10-6-8-19-21)20-11-12-22-15(13-20)14(2)3/h6,8,10,14-15H,4-5,7,9,11-13H2,1-3H3,(H,17,18). The Morgan fingerprint density at radius 2 is 2.36 bits per heavy atom. The first-order chi connectivity index (χ1) is 10.7. The van der Waals surface area contributed by atoms with Crippen LogP contribution < -0.4 is 5.32 Å². The van der Waals surface area contributed by atoms with Crippen molar-refractivity contribution >= 4 is 17.7 Å². The van der Waals surface area contributed by atoms with Crippen molar-refractivity contribution in [2.24, 2.45) is 10.9 Å². The second-order valence-electron chi connectivity index (χ2n) is 5.96. The van der Waals surface area contributed by atoms with Gasteiger partial charge in [0.25, 0.3) is 0 Å². The number of aliphatic imine (C=N–C) groups is 1. The molecule has 6 heteroatoms. The molecule has 1 atom stereocenters. The van der Waals surface area contributed by atoms with E-state index >= 15 is 0 Å². The van der Waals surface area contributed by atoms with E-state index in [4.69, 9.17) is 4.99 Å². The molecule has 0 saturated carbocycles. The molecule has 1 saturated heterocycles. The van der Waals surface area contributed by atoms with E-state index in [2.05, 4.69) is 47.8 Å². The maximum absolute atomic E-state index is 4.81. The zero-order valence-electron chi connectivity index (χ0n) is 14.0. The van der Waals surface area contributed by atoms with Crippen molar-refractivity contribution < 1.29 is 0 Å². The van der Waals surface area contributed by atoms with Crippen LogP contribution in [0.3, 0.4) is 0 Å². The Hall–Kier alpha value is -1.17. The van der Waals surface area contributed by atoms with Crippen molar-refractivity contribution in [3.05, 3.63) is 18.5 Å². The van der Waals surface area contributed by atoms with Crippen LogP contribution in [0.5, 0.6) is 0 Å². The average Bonchev–Trinajstić information content (AvgIpc) is 3.04. The van der Waals surface area contributed by atoms with Crippen LogP contribution in [-0.2, 0) is 6.54 Å². The third-order valence-electron chi connectivity index (χ3n) is 3.84. The lowest BCUT2D eigenvalue weighted by atomic mass is 10.1. The van der Waals surface area contributed by atoms with Gasteiger partial charge in [0.05, 0.1) is 0 Å². The van der Waals surface area contributed by atoms with Gasteiger partial charge in [-0.2, -0.15) is 16.9 Å². The van der Waals surface area contributed by atoms with Gasteiger partial charge in [0, 0.05) is 56.1 Å². The second-order valence-corrected chi connectivity index (χ2v) is 7.30. The molecule has 0 aromatic carbocycles. The molecule has 1 aliphatic heterocycles. The van der Waals surface area contributed by atoms with Crippen molar-refractivity contribution in [2.45, 2.75) is 39.0 Å². The highest BCUT2D eigenvalue weighted by molar-refractivity contribution is 8.00. The molecule has 1 aromatic rings. The van der Waals surface area contributed by atoms with Gasteiger partial charge in [-0.3, -0.25) is 9.67 Å². The number of hydrogen-bond acceptors (Lipinski definition) is 3. The summed E-state index contributed by atoms with van der Waals surface area (Å²) in [6.07, 6.45) is 4.85. The quantitative estimate of drug-likeness (QED) is 0.496. The highest BCUT2D eigenvalue weighted by Gasteiger charge is 2.24. The van der Waals surface area contributed by atoms with E-state index in [1.807, 2.05) is 23.1 Å². The summed E-state index contributed by atoms with van der Waals surface area (Å²) in [6.45, 7) is 11.7. The van der Waals surface area contributed by atoms with Gasteiger partial charge in [-0.15, -0.1) is 0 Å². The van der Waals surface area contributed by atoms with Gasteiger partial charge in [0.15, 0.2) is 5.96 Å².